The molecule has 6 heteroatoms. The first-order valence-corrected chi connectivity index (χ1v) is 7.09. The molecule has 3 rings (SSSR count). The average Bonchev–Trinajstić information content (AvgIpc) is 3.05. The highest BCUT2D eigenvalue weighted by atomic mass is 16.5. The van der Waals surface area contributed by atoms with E-state index in [-0.39, 0.29) is 17.8 Å². The lowest BCUT2D eigenvalue weighted by Crippen LogP contribution is -2.22. The van der Waals surface area contributed by atoms with E-state index >= 15 is 0 Å². The van der Waals surface area contributed by atoms with Crippen molar-refractivity contribution in [1.29, 1.82) is 0 Å². The number of methoxy groups -OCH3 is 1. The lowest BCUT2D eigenvalue weighted by Gasteiger charge is -2.24. The van der Waals surface area contributed by atoms with Crippen molar-refractivity contribution in [2.75, 3.05) is 7.11 Å². The molecule has 0 amide bonds. The summed E-state index contributed by atoms with van der Waals surface area (Å²) in [5.41, 5.74) is 0.892. The number of carbonyl (C=O) groups excluding carboxylic acids is 1. The molecule has 6 nitrogen and oxygen atoms in total. The van der Waals surface area contributed by atoms with E-state index in [0.717, 1.165) is 31.2 Å². The number of hydrogen-bond acceptors (Lipinski definition) is 6. The van der Waals surface area contributed by atoms with Crippen LogP contribution in [0, 0.1) is 5.92 Å². The van der Waals surface area contributed by atoms with Gasteiger partial charge >= 0.3 is 5.97 Å². The number of nitrogens with zero attached hydrogens (tertiary/aromatic N) is 3. The van der Waals surface area contributed by atoms with E-state index in [1.165, 1.54) is 7.11 Å². The third-order valence-electron chi connectivity index (χ3n) is 3.99. The quantitative estimate of drug-likeness (QED) is 0.807. The van der Waals surface area contributed by atoms with Gasteiger partial charge in [0, 0.05) is 23.9 Å². The van der Waals surface area contributed by atoms with Crippen molar-refractivity contribution < 1.29 is 14.1 Å². The van der Waals surface area contributed by atoms with E-state index in [0.29, 0.717) is 11.7 Å². The fourth-order valence-electron chi connectivity index (χ4n) is 2.76. The molecule has 0 radical (unpaired) electrons. The maximum absolute atomic E-state index is 11.5. The fourth-order valence-corrected chi connectivity index (χ4v) is 2.76. The van der Waals surface area contributed by atoms with Crippen molar-refractivity contribution in [1.82, 2.24) is 15.1 Å². The lowest BCUT2D eigenvalue weighted by atomic mass is 9.82. The zero-order chi connectivity index (χ0) is 14.7. The molecule has 0 spiro atoms. The van der Waals surface area contributed by atoms with E-state index in [1.54, 1.807) is 12.4 Å². The van der Waals surface area contributed by atoms with Gasteiger partial charge in [-0.15, -0.1) is 0 Å². The van der Waals surface area contributed by atoms with Crippen molar-refractivity contribution in [3.8, 4) is 11.4 Å². The number of pyridine rings is 1. The van der Waals surface area contributed by atoms with Gasteiger partial charge in [-0.05, 0) is 37.8 Å². The van der Waals surface area contributed by atoms with Crippen molar-refractivity contribution in [3.05, 3.63) is 30.4 Å². The Kier molecular flexibility index (Phi) is 3.94. The molecule has 0 saturated heterocycles. The molecule has 1 saturated carbocycles. The maximum atomic E-state index is 11.5. The molecule has 21 heavy (non-hydrogen) atoms. The van der Waals surface area contributed by atoms with Crippen LogP contribution < -0.4 is 0 Å². The van der Waals surface area contributed by atoms with Gasteiger partial charge in [-0.3, -0.25) is 9.78 Å². The van der Waals surface area contributed by atoms with Crippen LogP contribution in [-0.4, -0.2) is 28.2 Å². The van der Waals surface area contributed by atoms with Crippen LogP contribution in [0.5, 0.6) is 0 Å². The van der Waals surface area contributed by atoms with Gasteiger partial charge in [-0.25, -0.2) is 0 Å². The molecule has 0 bridgehead atoms. The molecule has 0 aromatic carbocycles. The summed E-state index contributed by atoms with van der Waals surface area (Å²) < 4.78 is 10.2. The summed E-state index contributed by atoms with van der Waals surface area (Å²) in [6.45, 7) is 0. The van der Waals surface area contributed by atoms with Crippen LogP contribution in [0.15, 0.2) is 29.0 Å². The molecule has 0 atom stereocenters. The molecule has 1 aliphatic rings. The largest absolute Gasteiger partial charge is 0.469 e. The first-order chi connectivity index (χ1) is 10.3. The van der Waals surface area contributed by atoms with Gasteiger partial charge in [-0.2, -0.15) is 4.98 Å². The number of aromatic nitrogens is 3. The predicted octanol–water partition coefficient (Wildman–Crippen LogP) is 2.58. The van der Waals surface area contributed by atoms with Gasteiger partial charge in [0.15, 0.2) is 0 Å². The smallest absolute Gasteiger partial charge is 0.308 e. The summed E-state index contributed by atoms with van der Waals surface area (Å²) in [5, 5.41) is 4.03. The molecule has 2 aromatic rings. The molecule has 0 N–H and O–H groups in total. The van der Waals surface area contributed by atoms with Gasteiger partial charge in [0.25, 0.3) is 0 Å². The van der Waals surface area contributed by atoms with Crippen LogP contribution in [0.25, 0.3) is 11.4 Å². The molecular weight excluding hydrogens is 270 g/mol. The highest BCUT2D eigenvalue weighted by Crippen LogP contribution is 2.36. The first kappa shape index (κ1) is 13.7. The number of hydrogen-bond donors (Lipinski definition) is 0. The Hall–Kier alpha value is -2.24. The highest BCUT2D eigenvalue weighted by Gasteiger charge is 2.30. The topological polar surface area (TPSA) is 78.1 Å². The highest BCUT2D eigenvalue weighted by molar-refractivity contribution is 5.72. The molecule has 0 aliphatic heterocycles. The molecule has 2 heterocycles. The summed E-state index contributed by atoms with van der Waals surface area (Å²) in [6, 6.07) is 3.70. The Morgan fingerprint density at radius 2 is 1.95 bits per heavy atom. The van der Waals surface area contributed by atoms with Crippen LogP contribution in [0.1, 0.15) is 37.5 Å². The van der Waals surface area contributed by atoms with Gasteiger partial charge in [0.2, 0.25) is 11.7 Å². The second kappa shape index (κ2) is 6.03. The summed E-state index contributed by atoms with van der Waals surface area (Å²) in [5.74, 6) is 1.37. The number of rotatable bonds is 3. The van der Waals surface area contributed by atoms with E-state index in [9.17, 15) is 4.79 Å². The minimum absolute atomic E-state index is 0.00818. The van der Waals surface area contributed by atoms with E-state index < -0.39 is 0 Å². The summed E-state index contributed by atoms with van der Waals surface area (Å²) in [4.78, 5) is 20.0. The van der Waals surface area contributed by atoms with E-state index in [4.69, 9.17) is 9.26 Å². The fraction of sp³-hybridized carbons (Fsp3) is 0.467. The second-order valence-corrected chi connectivity index (χ2v) is 5.26. The monoisotopic (exact) mass is 287 g/mol. The van der Waals surface area contributed by atoms with Gasteiger partial charge in [0.05, 0.1) is 13.0 Å². The third-order valence-corrected chi connectivity index (χ3v) is 3.99. The lowest BCUT2D eigenvalue weighted by molar-refractivity contribution is -0.146. The molecule has 110 valence electrons. The van der Waals surface area contributed by atoms with Gasteiger partial charge in [0.1, 0.15) is 0 Å². The second-order valence-electron chi connectivity index (χ2n) is 5.26. The van der Waals surface area contributed by atoms with Crippen molar-refractivity contribution in [2.24, 2.45) is 5.92 Å². The SMILES string of the molecule is COC(=O)[C@H]1CC[C@H](c2nc(-c3ccncc3)no2)CC1. The van der Waals surface area contributed by atoms with Crippen molar-refractivity contribution in [2.45, 2.75) is 31.6 Å². The van der Waals surface area contributed by atoms with Gasteiger partial charge in [-0.1, -0.05) is 5.16 Å². The zero-order valence-electron chi connectivity index (χ0n) is 11.9. The Labute approximate surface area is 122 Å². The van der Waals surface area contributed by atoms with Crippen molar-refractivity contribution in [3.63, 3.8) is 0 Å². The Morgan fingerprint density at radius 1 is 1.24 bits per heavy atom. The average molecular weight is 287 g/mol. The van der Waals surface area contributed by atoms with Gasteiger partial charge < -0.3 is 9.26 Å². The first-order valence-electron chi connectivity index (χ1n) is 7.09. The van der Waals surface area contributed by atoms with Crippen LogP contribution in [0.2, 0.25) is 0 Å². The van der Waals surface area contributed by atoms with Crippen LogP contribution in [-0.2, 0) is 9.53 Å². The molecule has 0 unspecified atom stereocenters. The summed E-state index contributed by atoms with van der Waals surface area (Å²) in [6.07, 6.45) is 6.77. The zero-order valence-corrected chi connectivity index (χ0v) is 11.9. The van der Waals surface area contributed by atoms with Crippen LogP contribution in [0.4, 0.5) is 0 Å². The third kappa shape index (κ3) is 2.94. The number of carbonyl (C=O) groups is 1. The minimum Gasteiger partial charge on any atom is -0.469 e. The molecule has 2 aromatic heterocycles. The van der Waals surface area contributed by atoms with Crippen LogP contribution in [0.3, 0.4) is 0 Å². The number of esters is 1. The Morgan fingerprint density at radius 3 is 2.62 bits per heavy atom. The standard InChI is InChI=1S/C15H17N3O3/c1-20-15(19)12-4-2-11(3-5-12)14-17-13(18-21-14)10-6-8-16-9-7-10/h6-9,11-12H,2-5H2,1H3/t11-,12-. The molecule has 1 aliphatic carbocycles. The van der Waals surface area contributed by atoms with Crippen LogP contribution >= 0.6 is 0 Å². The minimum atomic E-state index is -0.114. The van der Waals surface area contributed by atoms with Crippen molar-refractivity contribution >= 4 is 5.97 Å². The maximum Gasteiger partial charge on any atom is 0.308 e. The Bertz CT molecular complexity index is 604. The normalized spacial score (nSPS) is 22.0. The molecular formula is C15H17N3O3. The molecule has 1 fully saturated rings. The number of ether oxygens (including phenoxy) is 1. The Balaban J connectivity index is 1.67. The van der Waals surface area contributed by atoms with E-state index in [2.05, 4.69) is 15.1 Å². The van der Waals surface area contributed by atoms with E-state index in [1.807, 2.05) is 12.1 Å². The summed E-state index contributed by atoms with van der Waals surface area (Å²) in [7, 11) is 1.44. The summed E-state index contributed by atoms with van der Waals surface area (Å²) >= 11 is 0. The predicted molar refractivity (Wildman–Crippen MR) is 74.2 cm³/mol.